The van der Waals surface area contributed by atoms with Gasteiger partial charge in [0.05, 0.1) is 22.5 Å². The van der Waals surface area contributed by atoms with E-state index in [2.05, 4.69) is 10.6 Å². The molecule has 0 unspecified atom stereocenters. The van der Waals surface area contributed by atoms with Crippen molar-refractivity contribution >= 4 is 35.0 Å². The van der Waals surface area contributed by atoms with E-state index >= 15 is 0 Å². The third kappa shape index (κ3) is 9.17. The smallest absolute Gasteiger partial charge is 0.255 e. The summed E-state index contributed by atoms with van der Waals surface area (Å²) >= 11 is 0. The van der Waals surface area contributed by atoms with Gasteiger partial charge in [0.2, 0.25) is 11.8 Å². The van der Waals surface area contributed by atoms with Gasteiger partial charge in [-0.1, -0.05) is 43.5 Å². The van der Waals surface area contributed by atoms with Crippen LogP contribution in [0, 0.1) is 0 Å². The SMILES string of the molecule is O=C(CCCCCCCC(=O)Nc1ccccc1C(=O)N1CCCCC1)Nc1ccccc1C(=O)N1CCCCC1. The maximum Gasteiger partial charge on any atom is 0.255 e. The van der Waals surface area contributed by atoms with Crippen molar-refractivity contribution in [3.8, 4) is 0 Å². The molecule has 0 radical (unpaired) electrons. The van der Waals surface area contributed by atoms with Crippen molar-refractivity contribution in [2.24, 2.45) is 0 Å². The Morgan fingerprint density at radius 2 is 0.878 bits per heavy atom. The molecule has 2 aromatic carbocycles. The lowest BCUT2D eigenvalue weighted by Crippen LogP contribution is -2.36. The van der Waals surface area contributed by atoms with Crippen LogP contribution in [-0.2, 0) is 9.59 Å². The van der Waals surface area contributed by atoms with Crippen molar-refractivity contribution in [2.45, 2.75) is 83.5 Å². The molecule has 2 aliphatic heterocycles. The summed E-state index contributed by atoms with van der Waals surface area (Å²) in [5, 5.41) is 5.88. The number of carbonyl (C=O) groups is 4. The number of anilines is 2. The van der Waals surface area contributed by atoms with E-state index in [1.54, 1.807) is 24.3 Å². The number of nitrogens with zero attached hydrogens (tertiary/aromatic N) is 2. The Morgan fingerprint density at radius 1 is 0.512 bits per heavy atom. The summed E-state index contributed by atoms with van der Waals surface area (Å²) in [5.41, 5.74) is 2.27. The minimum Gasteiger partial charge on any atom is -0.339 e. The van der Waals surface area contributed by atoms with Crippen molar-refractivity contribution in [1.29, 1.82) is 0 Å². The topological polar surface area (TPSA) is 98.8 Å². The molecule has 8 heteroatoms. The van der Waals surface area contributed by atoms with E-state index in [0.29, 0.717) is 35.3 Å². The highest BCUT2D eigenvalue weighted by atomic mass is 16.2. The Hall–Kier alpha value is -3.68. The zero-order valence-corrected chi connectivity index (χ0v) is 24.2. The average Bonchev–Trinajstić information content (AvgIpc) is 3.01. The summed E-state index contributed by atoms with van der Waals surface area (Å²) in [5.74, 6) is -0.189. The van der Waals surface area contributed by atoms with Crippen LogP contribution in [0.1, 0.15) is 104 Å². The van der Waals surface area contributed by atoms with Crippen LogP contribution in [-0.4, -0.2) is 59.6 Å². The second-order valence-corrected chi connectivity index (χ2v) is 11.2. The van der Waals surface area contributed by atoms with Gasteiger partial charge >= 0.3 is 0 Å². The zero-order chi connectivity index (χ0) is 28.9. The molecule has 0 aromatic heterocycles. The van der Waals surface area contributed by atoms with E-state index in [0.717, 1.165) is 96.8 Å². The first-order valence-electron chi connectivity index (χ1n) is 15.4. The normalized spacial score (nSPS) is 15.3. The Balaban J connectivity index is 1.12. The molecule has 8 nitrogen and oxygen atoms in total. The van der Waals surface area contributed by atoms with Gasteiger partial charge in [0.25, 0.3) is 11.8 Å². The van der Waals surface area contributed by atoms with E-state index in [4.69, 9.17) is 0 Å². The molecule has 0 bridgehead atoms. The van der Waals surface area contributed by atoms with Gasteiger partial charge in [-0.05, 0) is 75.6 Å². The second kappa shape index (κ2) is 15.9. The number of carbonyl (C=O) groups excluding carboxylic acids is 4. The van der Waals surface area contributed by atoms with Crippen molar-refractivity contribution < 1.29 is 19.2 Å². The third-order valence-corrected chi connectivity index (χ3v) is 7.96. The van der Waals surface area contributed by atoms with Crippen LogP contribution in [0.4, 0.5) is 11.4 Å². The number of amides is 4. The highest BCUT2D eigenvalue weighted by Gasteiger charge is 2.22. The van der Waals surface area contributed by atoms with Gasteiger partial charge in [-0.2, -0.15) is 0 Å². The maximum atomic E-state index is 13.0. The van der Waals surface area contributed by atoms with E-state index < -0.39 is 0 Å². The van der Waals surface area contributed by atoms with Gasteiger partial charge in [-0.15, -0.1) is 0 Å². The molecule has 2 aliphatic rings. The van der Waals surface area contributed by atoms with Gasteiger partial charge < -0.3 is 20.4 Å². The Labute approximate surface area is 243 Å². The van der Waals surface area contributed by atoms with Crippen molar-refractivity contribution in [2.75, 3.05) is 36.8 Å². The fourth-order valence-corrected chi connectivity index (χ4v) is 5.62. The molecule has 220 valence electrons. The number of rotatable bonds is 12. The maximum absolute atomic E-state index is 13.0. The fourth-order valence-electron chi connectivity index (χ4n) is 5.62. The molecule has 0 spiro atoms. The number of para-hydroxylation sites is 2. The lowest BCUT2D eigenvalue weighted by Gasteiger charge is -2.27. The average molecular weight is 561 g/mol. The number of unbranched alkanes of at least 4 members (excludes halogenated alkanes) is 4. The molecule has 0 aliphatic carbocycles. The Bertz CT molecular complexity index is 1090. The highest BCUT2D eigenvalue weighted by Crippen LogP contribution is 2.22. The van der Waals surface area contributed by atoms with Crippen LogP contribution in [0.2, 0.25) is 0 Å². The van der Waals surface area contributed by atoms with E-state index in [9.17, 15) is 19.2 Å². The molecule has 2 heterocycles. The van der Waals surface area contributed by atoms with Crippen LogP contribution in [0.25, 0.3) is 0 Å². The molecular weight excluding hydrogens is 516 g/mol. The molecule has 0 saturated carbocycles. The summed E-state index contributed by atoms with van der Waals surface area (Å²) in [4.78, 5) is 54.8. The predicted octanol–water partition coefficient (Wildman–Crippen LogP) is 6.25. The third-order valence-electron chi connectivity index (χ3n) is 7.96. The summed E-state index contributed by atoms with van der Waals surface area (Å²) in [6.45, 7) is 3.09. The van der Waals surface area contributed by atoms with E-state index in [1.807, 2.05) is 34.1 Å². The summed E-state index contributed by atoms with van der Waals surface area (Å²) in [6.07, 6.45) is 11.5. The van der Waals surface area contributed by atoms with Gasteiger partial charge in [0, 0.05) is 39.0 Å². The van der Waals surface area contributed by atoms with E-state index in [1.165, 1.54) is 0 Å². The summed E-state index contributed by atoms with van der Waals surface area (Å²) < 4.78 is 0. The van der Waals surface area contributed by atoms with Crippen LogP contribution in [0.5, 0.6) is 0 Å². The molecule has 41 heavy (non-hydrogen) atoms. The first-order chi connectivity index (χ1) is 20.0. The summed E-state index contributed by atoms with van der Waals surface area (Å²) in [7, 11) is 0. The fraction of sp³-hybridized carbons (Fsp3) is 0.515. The minimum atomic E-state index is -0.0824. The van der Waals surface area contributed by atoms with Crippen LogP contribution in [0.15, 0.2) is 48.5 Å². The van der Waals surface area contributed by atoms with Crippen LogP contribution < -0.4 is 10.6 Å². The predicted molar refractivity (Wildman–Crippen MR) is 162 cm³/mol. The largest absolute Gasteiger partial charge is 0.339 e. The quantitative estimate of drug-likeness (QED) is 0.300. The molecule has 0 atom stereocenters. The van der Waals surface area contributed by atoms with Gasteiger partial charge in [-0.25, -0.2) is 0 Å². The molecule has 4 amide bonds. The van der Waals surface area contributed by atoms with Gasteiger partial charge in [0.15, 0.2) is 0 Å². The van der Waals surface area contributed by atoms with Crippen molar-refractivity contribution in [1.82, 2.24) is 9.80 Å². The molecular formula is C33H44N4O4. The minimum absolute atomic E-state index is 0.0123. The number of hydrogen-bond donors (Lipinski definition) is 2. The Morgan fingerprint density at radius 3 is 1.29 bits per heavy atom. The van der Waals surface area contributed by atoms with Gasteiger partial charge in [0.1, 0.15) is 0 Å². The zero-order valence-electron chi connectivity index (χ0n) is 24.2. The van der Waals surface area contributed by atoms with Crippen molar-refractivity contribution in [3.63, 3.8) is 0 Å². The number of hydrogen-bond acceptors (Lipinski definition) is 4. The number of benzene rings is 2. The number of likely N-dealkylation sites (tertiary alicyclic amines) is 2. The van der Waals surface area contributed by atoms with Crippen molar-refractivity contribution in [3.05, 3.63) is 59.7 Å². The molecule has 4 rings (SSSR count). The van der Waals surface area contributed by atoms with Crippen LogP contribution >= 0.6 is 0 Å². The summed E-state index contributed by atoms with van der Waals surface area (Å²) in [6, 6.07) is 14.5. The Kier molecular flexibility index (Phi) is 11.8. The van der Waals surface area contributed by atoms with Crippen LogP contribution in [0.3, 0.4) is 0 Å². The molecule has 2 fully saturated rings. The standard InChI is InChI=1S/C33H44N4O4/c38-30(34-28-18-10-8-16-26(28)32(40)36-22-12-4-13-23-36)20-6-2-1-3-7-21-31(39)35-29-19-11-9-17-27(29)33(41)37-24-14-5-15-25-37/h8-11,16-19H,1-7,12-15,20-25H2,(H,34,38)(H,35,39). The lowest BCUT2D eigenvalue weighted by molar-refractivity contribution is -0.117. The number of piperidine rings is 2. The van der Waals surface area contributed by atoms with Gasteiger partial charge in [-0.3, -0.25) is 19.2 Å². The molecule has 2 saturated heterocycles. The second-order valence-electron chi connectivity index (χ2n) is 11.2. The first kappa shape index (κ1) is 30.3. The number of nitrogens with one attached hydrogen (secondary N) is 2. The molecule has 2 N–H and O–H groups in total. The first-order valence-corrected chi connectivity index (χ1v) is 15.4. The highest BCUT2D eigenvalue weighted by molar-refractivity contribution is 6.04. The molecule has 2 aromatic rings. The van der Waals surface area contributed by atoms with E-state index in [-0.39, 0.29) is 23.6 Å². The lowest BCUT2D eigenvalue weighted by atomic mass is 10.1. The monoisotopic (exact) mass is 560 g/mol.